The number of rotatable bonds is 4. The van der Waals surface area contributed by atoms with Crippen molar-refractivity contribution in [2.45, 2.75) is 0 Å². The molecule has 0 aliphatic heterocycles. The van der Waals surface area contributed by atoms with E-state index in [4.69, 9.17) is 9.47 Å². The van der Waals surface area contributed by atoms with Gasteiger partial charge in [-0.15, -0.1) is 11.3 Å². The first kappa shape index (κ1) is 13.1. The Hall–Kier alpha value is -1.33. The molecule has 5 heteroatoms. The number of hydrogen-bond acceptors (Lipinski definition) is 4. The molecule has 0 atom stereocenters. The highest BCUT2D eigenvalue weighted by atomic mass is 79.9. The predicted octanol–water partition coefficient (Wildman–Crippen LogP) is 3.76. The molecular formula is C13H11BrO3S. The summed E-state index contributed by atoms with van der Waals surface area (Å²) in [6.45, 7) is 0. The quantitative estimate of drug-likeness (QED) is 0.802. The van der Waals surface area contributed by atoms with Crippen molar-refractivity contribution in [2.24, 2.45) is 0 Å². The summed E-state index contributed by atoms with van der Waals surface area (Å²) in [5.41, 5.74) is 0.538. The SMILES string of the molecule is COc1csc(C(=O)c2cc(Br)ccc2OC)c1. The van der Waals surface area contributed by atoms with Crippen molar-refractivity contribution in [3.05, 3.63) is 44.6 Å². The summed E-state index contributed by atoms with van der Waals surface area (Å²) in [4.78, 5) is 13.0. The van der Waals surface area contributed by atoms with E-state index >= 15 is 0 Å². The maximum atomic E-state index is 12.4. The minimum absolute atomic E-state index is 0.0681. The summed E-state index contributed by atoms with van der Waals surface area (Å²) >= 11 is 4.71. The minimum atomic E-state index is -0.0681. The van der Waals surface area contributed by atoms with Gasteiger partial charge in [0.25, 0.3) is 0 Å². The molecular weight excluding hydrogens is 316 g/mol. The van der Waals surface area contributed by atoms with Crippen LogP contribution in [0.3, 0.4) is 0 Å². The Morgan fingerprint density at radius 1 is 1.22 bits per heavy atom. The first-order valence-electron chi connectivity index (χ1n) is 5.16. The molecule has 94 valence electrons. The van der Waals surface area contributed by atoms with E-state index in [1.165, 1.54) is 11.3 Å². The van der Waals surface area contributed by atoms with Crippen molar-refractivity contribution in [3.8, 4) is 11.5 Å². The highest BCUT2D eigenvalue weighted by Crippen LogP contribution is 2.29. The number of hydrogen-bond donors (Lipinski definition) is 0. The van der Waals surface area contributed by atoms with Gasteiger partial charge >= 0.3 is 0 Å². The van der Waals surface area contributed by atoms with Crippen molar-refractivity contribution in [3.63, 3.8) is 0 Å². The molecule has 2 aromatic rings. The summed E-state index contributed by atoms with van der Waals surface area (Å²) < 4.78 is 11.1. The lowest BCUT2D eigenvalue weighted by molar-refractivity contribution is 0.103. The van der Waals surface area contributed by atoms with Crippen molar-refractivity contribution >= 4 is 33.0 Å². The first-order valence-corrected chi connectivity index (χ1v) is 6.83. The first-order chi connectivity index (χ1) is 8.65. The highest BCUT2D eigenvalue weighted by Gasteiger charge is 2.17. The van der Waals surface area contributed by atoms with Crippen molar-refractivity contribution in [1.82, 2.24) is 0 Å². The lowest BCUT2D eigenvalue weighted by Crippen LogP contribution is -2.02. The van der Waals surface area contributed by atoms with Gasteiger partial charge < -0.3 is 9.47 Å². The van der Waals surface area contributed by atoms with Gasteiger partial charge in [-0.05, 0) is 18.2 Å². The maximum absolute atomic E-state index is 12.4. The Bertz CT molecular complexity index is 577. The van der Waals surface area contributed by atoms with Gasteiger partial charge in [-0.2, -0.15) is 0 Å². The number of carbonyl (C=O) groups is 1. The van der Waals surface area contributed by atoms with Crippen LogP contribution in [0.15, 0.2) is 34.1 Å². The lowest BCUT2D eigenvalue weighted by Gasteiger charge is -2.06. The summed E-state index contributed by atoms with van der Waals surface area (Å²) in [5.74, 6) is 1.19. The Kier molecular flexibility index (Phi) is 4.04. The normalized spacial score (nSPS) is 10.2. The van der Waals surface area contributed by atoms with Crippen LogP contribution in [-0.4, -0.2) is 20.0 Å². The van der Waals surface area contributed by atoms with Gasteiger partial charge in [0.15, 0.2) is 0 Å². The van der Waals surface area contributed by atoms with E-state index < -0.39 is 0 Å². The molecule has 0 saturated carbocycles. The number of ketones is 1. The van der Waals surface area contributed by atoms with E-state index in [0.29, 0.717) is 21.9 Å². The molecule has 0 saturated heterocycles. The molecule has 0 bridgehead atoms. The molecule has 0 spiro atoms. The van der Waals surface area contributed by atoms with Crippen LogP contribution in [0.4, 0.5) is 0 Å². The predicted molar refractivity (Wildman–Crippen MR) is 75.0 cm³/mol. The zero-order chi connectivity index (χ0) is 13.1. The molecule has 0 aliphatic rings. The number of halogens is 1. The van der Waals surface area contributed by atoms with Crippen molar-refractivity contribution in [1.29, 1.82) is 0 Å². The fourth-order valence-electron chi connectivity index (χ4n) is 1.54. The molecule has 0 aliphatic carbocycles. The van der Waals surface area contributed by atoms with E-state index in [0.717, 1.165) is 4.47 Å². The van der Waals surface area contributed by atoms with Crippen molar-refractivity contribution < 1.29 is 14.3 Å². The van der Waals surface area contributed by atoms with E-state index in [1.54, 1.807) is 37.8 Å². The zero-order valence-corrected chi connectivity index (χ0v) is 12.3. The number of methoxy groups -OCH3 is 2. The van der Waals surface area contributed by atoms with Gasteiger partial charge in [0, 0.05) is 15.9 Å². The molecule has 18 heavy (non-hydrogen) atoms. The average molecular weight is 327 g/mol. The number of carbonyl (C=O) groups excluding carboxylic acids is 1. The summed E-state index contributed by atoms with van der Waals surface area (Å²) in [7, 11) is 3.13. The monoisotopic (exact) mass is 326 g/mol. The Morgan fingerprint density at radius 2 is 2.00 bits per heavy atom. The topological polar surface area (TPSA) is 35.5 Å². The molecule has 3 nitrogen and oxygen atoms in total. The van der Waals surface area contributed by atoms with Crippen LogP contribution < -0.4 is 9.47 Å². The summed E-state index contributed by atoms with van der Waals surface area (Å²) in [6, 6.07) is 7.09. The second kappa shape index (κ2) is 5.54. The van der Waals surface area contributed by atoms with Crippen LogP contribution in [0, 0.1) is 0 Å². The Labute approximate surface area is 117 Å². The van der Waals surface area contributed by atoms with Crippen LogP contribution in [0.5, 0.6) is 11.5 Å². The standard InChI is InChI=1S/C13H11BrO3S/c1-16-9-6-12(18-7-9)13(15)10-5-8(14)3-4-11(10)17-2/h3-7H,1-2H3. The molecule has 1 aromatic carbocycles. The van der Waals surface area contributed by atoms with Gasteiger partial charge in [-0.3, -0.25) is 4.79 Å². The molecule has 2 rings (SSSR count). The second-order valence-corrected chi connectivity index (χ2v) is 5.35. The molecule has 0 N–H and O–H groups in total. The molecule has 1 heterocycles. The van der Waals surface area contributed by atoms with Crippen LogP contribution in [0.25, 0.3) is 0 Å². The van der Waals surface area contributed by atoms with Gasteiger partial charge in [-0.1, -0.05) is 15.9 Å². The Balaban J connectivity index is 2.41. The smallest absolute Gasteiger partial charge is 0.206 e. The van der Waals surface area contributed by atoms with Gasteiger partial charge in [0.05, 0.1) is 24.7 Å². The second-order valence-electron chi connectivity index (χ2n) is 3.52. The minimum Gasteiger partial charge on any atom is -0.496 e. The number of ether oxygens (including phenoxy) is 2. The third-order valence-electron chi connectivity index (χ3n) is 2.44. The van der Waals surface area contributed by atoms with E-state index in [-0.39, 0.29) is 5.78 Å². The molecule has 0 radical (unpaired) electrons. The van der Waals surface area contributed by atoms with Gasteiger partial charge in [0.2, 0.25) is 5.78 Å². The van der Waals surface area contributed by atoms with E-state index in [2.05, 4.69) is 15.9 Å². The fraction of sp³-hybridized carbons (Fsp3) is 0.154. The zero-order valence-electron chi connectivity index (χ0n) is 9.90. The van der Waals surface area contributed by atoms with Crippen LogP contribution in [-0.2, 0) is 0 Å². The van der Waals surface area contributed by atoms with Gasteiger partial charge in [0.1, 0.15) is 11.5 Å². The summed E-state index contributed by atoms with van der Waals surface area (Å²) in [5, 5.41) is 1.80. The third kappa shape index (κ3) is 2.57. The van der Waals surface area contributed by atoms with Gasteiger partial charge in [-0.25, -0.2) is 0 Å². The van der Waals surface area contributed by atoms with Crippen LogP contribution in [0.1, 0.15) is 15.2 Å². The molecule has 0 amide bonds. The van der Waals surface area contributed by atoms with Crippen LogP contribution >= 0.6 is 27.3 Å². The molecule has 0 unspecified atom stereocenters. The number of benzene rings is 1. The van der Waals surface area contributed by atoms with E-state index in [1.807, 2.05) is 6.07 Å². The molecule has 1 aromatic heterocycles. The maximum Gasteiger partial charge on any atom is 0.206 e. The van der Waals surface area contributed by atoms with E-state index in [9.17, 15) is 4.79 Å². The summed E-state index contributed by atoms with van der Waals surface area (Å²) in [6.07, 6.45) is 0. The van der Waals surface area contributed by atoms with Crippen LogP contribution in [0.2, 0.25) is 0 Å². The molecule has 0 fully saturated rings. The highest BCUT2D eigenvalue weighted by molar-refractivity contribution is 9.10. The average Bonchev–Trinajstić information content (AvgIpc) is 2.86. The lowest BCUT2D eigenvalue weighted by atomic mass is 10.1. The Morgan fingerprint density at radius 3 is 2.61 bits per heavy atom. The number of thiophene rings is 1. The third-order valence-corrected chi connectivity index (χ3v) is 3.84. The largest absolute Gasteiger partial charge is 0.496 e. The van der Waals surface area contributed by atoms with Crippen molar-refractivity contribution in [2.75, 3.05) is 14.2 Å². The fourth-order valence-corrected chi connectivity index (χ4v) is 2.70.